The van der Waals surface area contributed by atoms with Gasteiger partial charge >= 0.3 is 0 Å². The Morgan fingerprint density at radius 3 is 1.95 bits per heavy atom. The van der Waals surface area contributed by atoms with E-state index in [0.29, 0.717) is 37.5 Å². The SMILES string of the molecule is O=C(NC(=S)Nc1ccc(N2CCN(C(=O)c3cc4ccccc4o3)CC2)cc1)c1cc2ccccc2o1. The number of anilines is 2. The van der Waals surface area contributed by atoms with Gasteiger partial charge in [0.15, 0.2) is 16.6 Å². The molecule has 0 unspecified atom stereocenters. The molecule has 0 aliphatic carbocycles. The number of furan rings is 2. The molecule has 9 heteroatoms. The van der Waals surface area contributed by atoms with Crippen LogP contribution in [0.2, 0.25) is 0 Å². The van der Waals surface area contributed by atoms with Gasteiger partial charge in [0.25, 0.3) is 11.8 Å². The largest absolute Gasteiger partial charge is 0.451 e. The van der Waals surface area contributed by atoms with E-state index in [4.69, 9.17) is 21.1 Å². The summed E-state index contributed by atoms with van der Waals surface area (Å²) >= 11 is 5.31. The molecule has 0 bridgehead atoms. The molecule has 2 amide bonds. The van der Waals surface area contributed by atoms with Crippen molar-refractivity contribution < 1.29 is 18.4 Å². The van der Waals surface area contributed by atoms with Gasteiger partial charge in [0.1, 0.15) is 11.2 Å². The molecule has 3 heterocycles. The summed E-state index contributed by atoms with van der Waals surface area (Å²) in [5, 5.41) is 7.65. The molecule has 8 nitrogen and oxygen atoms in total. The van der Waals surface area contributed by atoms with Crippen molar-refractivity contribution in [1.82, 2.24) is 10.2 Å². The average molecular weight is 525 g/mol. The maximum atomic E-state index is 12.9. The Kier molecular flexibility index (Phi) is 6.27. The van der Waals surface area contributed by atoms with Gasteiger partial charge in [0.05, 0.1) is 0 Å². The van der Waals surface area contributed by atoms with Gasteiger partial charge in [-0.2, -0.15) is 0 Å². The zero-order valence-corrected chi connectivity index (χ0v) is 21.2. The number of piperazine rings is 1. The van der Waals surface area contributed by atoms with Crippen molar-refractivity contribution in [2.75, 3.05) is 36.4 Å². The summed E-state index contributed by atoms with van der Waals surface area (Å²) in [5.41, 5.74) is 3.16. The summed E-state index contributed by atoms with van der Waals surface area (Å²) in [6.45, 7) is 2.64. The lowest BCUT2D eigenvalue weighted by Crippen LogP contribution is -2.48. The molecule has 38 heavy (non-hydrogen) atoms. The first-order valence-electron chi connectivity index (χ1n) is 12.3. The molecule has 0 radical (unpaired) electrons. The van der Waals surface area contributed by atoms with Crippen molar-refractivity contribution in [1.29, 1.82) is 0 Å². The lowest BCUT2D eigenvalue weighted by molar-refractivity contribution is 0.0717. The van der Waals surface area contributed by atoms with Crippen LogP contribution in [-0.2, 0) is 0 Å². The molecule has 2 aromatic heterocycles. The molecule has 1 aliphatic rings. The summed E-state index contributed by atoms with van der Waals surface area (Å²) in [6.07, 6.45) is 0. The maximum Gasteiger partial charge on any atom is 0.293 e. The topological polar surface area (TPSA) is 91.0 Å². The van der Waals surface area contributed by atoms with E-state index >= 15 is 0 Å². The molecule has 0 spiro atoms. The number of hydrogen-bond acceptors (Lipinski definition) is 6. The van der Waals surface area contributed by atoms with Crippen molar-refractivity contribution in [3.63, 3.8) is 0 Å². The fraction of sp³-hybridized carbons (Fsp3) is 0.138. The smallest absolute Gasteiger partial charge is 0.293 e. The van der Waals surface area contributed by atoms with Crippen molar-refractivity contribution in [2.24, 2.45) is 0 Å². The van der Waals surface area contributed by atoms with E-state index in [9.17, 15) is 9.59 Å². The molecule has 0 atom stereocenters. The number of nitrogens with zero attached hydrogens (tertiary/aromatic N) is 2. The number of para-hydroxylation sites is 2. The first kappa shape index (κ1) is 23.7. The van der Waals surface area contributed by atoms with Gasteiger partial charge in [-0.05, 0) is 60.7 Å². The first-order valence-corrected chi connectivity index (χ1v) is 12.7. The van der Waals surface area contributed by atoms with Crippen LogP contribution in [0.25, 0.3) is 21.9 Å². The van der Waals surface area contributed by atoms with E-state index in [1.54, 1.807) is 12.1 Å². The number of carbonyl (C=O) groups excluding carboxylic acids is 2. The minimum absolute atomic E-state index is 0.0846. The number of rotatable bonds is 4. The zero-order valence-electron chi connectivity index (χ0n) is 20.3. The minimum Gasteiger partial charge on any atom is -0.451 e. The predicted octanol–water partition coefficient (Wildman–Crippen LogP) is 5.27. The van der Waals surface area contributed by atoms with E-state index in [2.05, 4.69) is 15.5 Å². The van der Waals surface area contributed by atoms with E-state index < -0.39 is 5.91 Å². The molecule has 1 aliphatic heterocycles. The van der Waals surface area contributed by atoms with Crippen LogP contribution in [0, 0.1) is 0 Å². The molecule has 2 N–H and O–H groups in total. The van der Waals surface area contributed by atoms with E-state index in [0.717, 1.165) is 27.7 Å². The van der Waals surface area contributed by atoms with Crippen molar-refractivity contribution in [2.45, 2.75) is 0 Å². The highest BCUT2D eigenvalue weighted by atomic mass is 32.1. The second-order valence-corrected chi connectivity index (χ2v) is 9.44. The van der Waals surface area contributed by atoms with Gasteiger partial charge in [-0.15, -0.1) is 0 Å². The molecular formula is C29H24N4O4S. The van der Waals surface area contributed by atoms with Gasteiger partial charge in [-0.3, -0.25) is 14.9 Å². The highest BCUT2D eigenvalue weighted by Crippen LogP contribution is 2.23. The third-order valence-electron chi connectivity index (χ3n) is 6.57. The summed E-state index contributed by atoms with van der Waals surface area (Å²) in [6, 6.07) is 26.3. The van der Waals surface area contributed by atoms with Crippen LogP contribution in [0.5, 0.6) is 0 Å². The van der Waals surface area contributed by atoms with Crippen LogP contribution in [0.3, 0.4) is 0 Å². The Bertz CT molecular complexity index is 1580. The molecule has 6 rings (SSSR count). The Morgan fingerprint density at radius 1 is 0.737 bits per heavy atom. The van der Waals surface area contributed by atoms with Gasteiger partial charge < -0.3 is 24.0 Å². The summed E-state index contributed by atoms with van der Waals surface area (Å²) in [5.74, 6) is 0.0751. The van der Waals surface area contributed by atoms with Gasteiger partial charge in [-0.1, -0.05) is 36.4 Å². The van der Waals surface area contributed by atoms with Gasteiger partial charge in [0, 0.05) is 48.3 Å². The fourth-order valence-corrected chi connectivity index (χ4v) is 4.80. The van der Waals surface area contributed by atoms with E-state index in [1.807, 2.05) is 77.7 Å². The summed E-state index contributed by atoms with van der Waals surface area (Å²) < 4.78 is 11.3. The first-order chi connectivity index (χ1) is 18.5. The number of carbonyl (C=O) groups is 2. The van der Waals surface area contributed by atoms with Crippen LogP contribution in [0.15, 0.2) is 93.8 Å². The lowest BCUT2D eigenvalue weighted by Gasteiger charge is -2.35. The maximum absolute atomic E-state index is 12.9. The molecule has 190 valence electrons. The highest BCUT2D eigenvalue weighted by Gasteiger charge is 2.25. The number of thiocarbonyl (C=S) groups is 1. The van der Waals surface area contributed by atoms with Crippen LogP contribution in [0.4, 0.5) is 11.4 Å². The van der Waals surface area contributed by atoms with E-state index in [1.165, 1.54) is 0 Å². The zero-order chi connectivity index (χ0) is 26.1. The normalized spacial score (nSPS) is 13.6. The molecule has 3 aromatic carbocycles. The number of amides is 2. The third kappa shape index (κ3) is 4.83. The fourth-order valence-electron chi connectivity index (χ4n) is 4.59. The van der Waals surface area contributed by atoms with Crippen LogP contribution in [0.1, 0.15) is 21.1 Å². The summed E-state index contributed by atoms with van der Waals surface area (Å²) in [4.78, 5) is 29.5. The standard InChI is InChI=1S/C29H24N4O4S/c34-27(25-17-19-5-1-3-7-23(19)36-25)31-29(38)30-21-9-11-22(12-10-21)32-13-15-33(16-14-32)28(35)26-18-20-6-2-4-8-24(20)37-26/h1-12,17-18H,13-16H2,(H2,30,31,34,38). The average Bonchev–Trinajstić information content (AvgIpc) is 3.58. The highest BCUT2D eigenvalue weighted by molar-refractivity contribution is 7.80. The van der Waals surface area contributed by atoms with Crippen LogP contribution < -0.4 is 15.5 Å². The second kappa shape index (κ2) is 10.0. The summed E-state index contributed by atoms with van der Waals surface area (Å²) in [7, 11) is 0. The predicted molar refractivity (Wildman–Crippen MR) is 151 cm³/mol. The van der Waals surface area contributed by atoms with Crippen molar-refractivity contribution in [3.05, 3.63) is 96.4 Å². The monoisotopic (exact) mass is 524 g/mol. The number of nitrogens with one attached hydrogen (secondary N) is 2. The van der Waals surface area contributed by atoms with E-state index in [-0.39, 0.29) is 16.8 Å². The van der Waals surface area contributed by atoms with Gasteiger partial charge in [0.2, 0.25) is 0 Å². The second-order valence-electron chi connectivity index (χ2n) is 9.03. The Balaban J connectivity index is 1.02. The molecule has 1 fully saturated rings. The molecule has 0 saturated carbocycles. The van der Waals surface area contributed by atoms with Crippen molar-refractivity contribution >= 4 is 62.5 Å². The minimum atomic E-state index is -0.412. The lowest BCUT2D eigenvalue weighted by atomic mass is 10.2. The van der Waals surface area contributed by atoms with Crippen LogP contribution in [-0.4, -0.2) is 48.0 Å². The van der Waals surface area contributed by atoms with Crippen LogP contribution >= 0.6 is 12.2 Å². The van der Waals surface area contributed by atoms with Crippen molar-refractivity contribution in [3.8, 4) is 0 Å². The van der Waals surface area contributed by atoms with Gasteiger partial charge in [-0.25, -0.2) is 0 Å². The number of benzene rings is 3. The molecule has 5 aromatic rings. The molecular weight excluding hydrogens is 500 g/mol. The number of hydrogen-bond donors (Lipinski definition) is 2. The third-order valence-corrected chi connectivity index (χ3v) is 6.77. The molecule has 1 saturated heterocycles. The quantitative estimate of drug-likeness (QED) is 0.310. The Hall–Kier alpha value is -4.63. The Labute approximate surface area is 223 Å². The Morgan fingerprint density at radius 2 is 1.32 bits per heavy atom. The number of fused-ring (bicyclic) bond motifs is 2.